The molecule has 3 nitrogen and oxygen atoms in total. The molecule has 0 amide bonds. The Hall–Kier alpha value is -0.220. The van der Waals surface area contributed by atoms with Crippen molar-refractivity contribution in [3.05, 3.63) is 0 Å². The van der Waals surface area contributed by atoms with E-state index in [0.717, 1.165) is 18.7 Å². The number of carbonyl (C=O) groups is 1. The summed E-state index contributed by atoms with van der Waals surface area (Å²) in [4.78, 5) is 10.4. The summed E-state index contributed by atoms with van der Waals surface area (Å²) in [6.07, 6.45) is 1.25. The van der Waals surface area contributed by atoms with Crippen LogP contribution in [0.1, 0.15) is 12.8 Å². The van der Waals surface area contributed by atoms with E-state index >= 15 is 0 Å². The van der Waals surface area contributed by atoms with E-state index < -0.39 is 0 Å². The van der Waals surface area contributed by atoms with Crippen molar-refractivity contribution in [3.8, 4) is 0 Å². The van der Waals surface area contributed by atoms with Gasteiger partial charge >= 0.3 is 5.97 Å². The highest BCUT2D eigenvalue weighted by molar-refractivity contribution is 7.90. The molecule has 0 aromatic rings. The van der Waals surface area contributed by atoms with Crippen molar-refractivity contribution in [1.29, 1.82) is 0 Å². The molecule has 1 rings (SSSR count). The average molecular weight is 134 g/mol. The Morgan fingerprint density at radius 3 is 3.38 bits per heavy atom. The summed E-state index contributed by atoms with van der Waals surface area (Å²) in [5, 5.41) is 0. The van der Waals surface area contributed by atoms with E-state index in [1.54, 1.807) is 0 Å². The quantitative estimate of drug-likeness (QED) is 0.461. The van der Waals surface area contributed by atoms with Gasteiger partial charge in [0.25, 0.3) is 0 Å². The van der Waals surface area contributed by atoms with E-state index in [9.17, 15) is 4.79 Å². The van der Waals surface area contributed by atoms with E-state index in [4.69, 9.17) is 4.18 Å². The third-order valence-electron chi connectivity index (χ3n) is 0.784. The maximum Gasteiger partial charge on any atom is 0.320 e. The van der Waals surface area contributed by atoms with Crippen LogP contribution >= 0.6 is 12.3 Å². The van der Waals surface area contributed by atoms with Gasteiger partial charge in [-0.3, -0.25) is 8.98 Å². The number of carbonyl (C=O) groups excluding carboxylic acids is 1. The highest BCUT2D eigenvalue weighted by Gasteiger charge is 2.07. The normalized spacial score (nSPS) is 21.8. The third-order valence-corrected chi connectivity index (χ3v) is 1.30. The maximum atomic E-state index is 10.4. The van der Waals surface area contributed by atoms with Crippen LogP contribution in [0.5, 0.6) is 0 Å². The molecule has 1 aliphatic heterocycles. The van der Waals surface area contributed by atoms with E-state index in [1.165, 1.54) is 0 Å². The molecule has 46 valence electrons. The van der Waals surface area contributed by atoms with Gasteiger partial charge in [0, 0.05) is 6.42 Å². The van der Waals surface area contributed by atoms with E-state index in [-0.39, 0.29) is 5.97 Å². The van der Waals surface area contributed by atoms with Gasteiger partial charge in [0.1, 0.15) is 0 Å². The predicted octanol–water partition coefficient (Wildman–Crippen LogP) is 0.903. The first kappa shape index (κ1) is 5.91. The lowest BCUT2D eigenvalue weighted by Gasteiger charge is -1.90. The monoisotopic (exact) mass is 134 g/mol. The maximum absolute atomic E-state index is 10.4. The Bertz CT molecular complexity index is 83.3. The molecule has 0 unspecified atom stereocenters. The van der Waals surface area contributed by atoms with Crippen LogP contribution in [0.4, 0.5) is 0 Å². The molecule has 8 heavy (non-hydrogen) atoms. The molecular formula is C4H6O3S. The molecule has 1 aliphatic rings. The fourth-order valence-corrected chi connectivity index (χ4v) is 0.806. The minimum atomic E-state index is -0.187. The zero-order valence-corrected chi connectivity index (χ0v) is 5.07. The lowest BCUT2D eigenvalue weighted by Crippen LogP contribution is -1.94. The van der Waals surface area contributed by atoms with Crippen LogP contribution in [-0.4, -0.2) is 12.6 Å². The number of hydrogen-bond donors (Lipinski definition) is 0. The first-order valence-electron chi connectivity index (χ1n) is 2.38. The van der Waals surface area contributed by atoms with Gasteiger partial charge in [-0.1, -0.05) is 0 Å². The van der Waals surface area contributed by atoms with Gasteiger partial charge < -0.3 is 4.18 Å². The van der Waals surface area contributed by atoms with Gasteiger partial charge in [-0.15, -0.1) is 0 Å². The molecule has 1 heterocycles. The topological polar surface area (TPSA) is 35.5 Å². The van der Waals surface area contributed by atoms with Crippen LogP contribution in [0.25, 0.3) is 0 Å². The Balaban J connectivity index is 2.27. The van der Waals surface area contributed by atoms with Crippen LogP contribution in [0.2, 0.25) is 0 Å². The number of hydrogen-bond acceptors (Lipinski definition) is 4. The first-order valence-corrected chi connectivity index (χ1v) is 3.05. The van der Waals surface area contributed by atoms with Crippen LogP contribution < -0.4 is 0 Å². The fraction of sp³-hybridized carbons (Fsp3) is 0.750. The average Bonchev–Trinajstić information content (AvgIpc) is 1.94. The van der Waals surface area contributed by atoms with Gasteiger partial charge in [-0.25, -0.2) is 0 Å². The van der Waals surface area contributed by atoms with Crippen molar-refractivity contribution in [2.75, 3.05) is 6.61 Å². The predicted molar refractivity (Wildman–Crippen MR) is 28.9 cm³/mol. The second kappa shape index (κ2) is 2.94. The molecule has 0 spiro atoms. The van der Waals surface area contributed by atoms with Crippen molar-refractivity contribution in [1.82, 2.24) is 0 Å². The van der Waals surface area contributed by atoms with Gasteiger partial charge in [0.15, 0.2) is 0 Å². The molecule has 1 fully saturated rings. The standard InChI is InChI=1S/C4H6O3S/c5-4-2-1-3-6-8-7-4/h1-3H2. The van der Waals surface area contributed by atoms with E-state index in [0.29, 0.717) is 13.0 Å². The molecule has 4 heteroatoms. The second-order valence-electron chi connectivity index (χ2n) is 1.45. The van der Waals surface area contributed by atoms with Gasteiger partial charge in [-0.05, 0) is 6.42 Å². The summed E-state index contributed by atoms with van der Waals surface area (Å²) in [5.41, 5.74) is 0. The summed E-state index contributed by atoms with van der Waals surface area (Å²) in [6, 6.07) is 0. The molecule has 0 radical (unpaired) electrons. The Morgan fingerprint density at radius 1 is 1.62 bits per heavy atom. The van der Waals surface area contributed by atoms with Crippen molar-refractivity contribution in [2.45, 2.75) is 12.8 Å². The Morgan fingerprint density at radius 2 is 2.50 bits per heavy atom. The van der Waals surface area contributed by atoms with Gasteiger partial charge in [0.05, 0.1) is 6.61 Å². The highest BCUT2D eigenvalue weighted by atomic mass is 32.2. The second-order valence-corrected chi connectivity index (χ2v) is 1.99. The summed E-state index contributed by atoms with van der Waals surface area (Å²) < 4.78 is 9.20. The Labute approximate surface area is 51.8 Å². The summed E-state index contributed by atoms with van der Waals surface area (Å²) >= 11 is 0.774. The minimum Gasteiger partial charge on any atom is -0.364 e. The lowest BCUT2D eigenvalue weighted by molar-refractivity contribution is -0.132. The zero-order valence-electron chi connectivity index (χ0n) is 4.25. The molecule has 0 N–H and O–H groups in total. The van der Waals surface area contributed by atoms with Crippen molar-refractivity contribution in [2.24, 2.45) is 0 Å². The van der Waals surface area contributed by atoms with Gasteiger partial charge in [0.2, 0.25) is 12.3 Å². The highest BCUT2D eigenvalue weighted by Crippen LogP contribution is 2.12. The fourth-order valence-electron chi connectivity index (χ4n) is 0.413. The molecular weight excluding hydrogens is 128 g/mol. The molecule has 0 aliphatic carbocycles. The number of rotatable bonds is 0. The minimum absolute atomic E-state index is 0.187. The van der Waals surface area contributed by atoms with E-state index in [2.05, 4.69) is 4.18 Å². The van der Waals surface area contributed by atoms with E-state index in [1.807, 2.05) is 0 Å². The van der Waals surface area contributed by atoms with Crippen LogP contribution in [-0.2, 0) is 13.2 Å². The summed E-state index contributed by atoms with van der Waals surface area (Å²) in [6.45, 7) is 0.608. The molecule has 0 aromatic carbocycles. The van der Waals surface area contributed by atoms with Crippen molar-refractivity contribution in [3.63, 3.8) is 0 Å². The van der Waals surface area contributed by atoms with Gasteiger partial charge in [-0.2, -0.15) is 0 Å². The molecule has 0 aromatic heterocycles. The van der Waals surface area contributed by atoms with Crippen molar-refractivity contribution >= 4 is 18.3 Å². The lowest BCUT2D eigenvalue weighted by atomic mass is 10.3. The first-order chi connectivity index (χ1) is 3.89. The SMILES string of the molecule is O=C1CCCOSO1. The summed E-state index contributed by atoms with van der Waals surface area (Å²) in [7, 11) is 0. The van der Waals surface area contributed by atoms with Crippen LogP contribution in [0.3, 0.4) is 0 Å². The largest absolute Gasteiger partial charge is 0.364 e. The molecule has 0 atom stereocenters. The smallest absolute Gasteiger partial charge is 0.320 e. The van der Waals surface area contributed by atoms with Crippen LogP contribution in [0.15, 0.2) is 0 Å². The molecule has 0 saturated carbocycles. The Kier molecular flexibility index (Phi) is 2.17. The molecule has 0 bridgehead atoms. The van der Waals surface area contributed by atoms with Crippen molar-refractivity contribution < 1.29 is 13.2 Å². The van der Waals surface area contributed by atoms with Crippen LogP contribution in [0, 0.1) is 0 Å². The zero-order chi connectivity index (χ0) is 5.82. The summed E-state index contributed by atoms with van der Waals surface area (Å²) in [5.74, 6) is -0.187. The molecule has 1 saturated heterocycles. The third kappa shape index (κ3) is 1.71.